The van der Waals surface area contributed by atoms with E-state index in [0.29, 0.717) is 24.2 Å². The Morgan fingerprint density at radius 2 is 1.91 bits per heavy atom. The minimum Gasteiger partial charge on any atom is -0.390 e. The first-order valence-electron chi connectivity index (χ1n) is 8.86. The lowest BCUT2D eigenvalue weighted by molar-refractivity contribution is -0.170. The average molecular weight is 303 g/mol. The number of nitrogens with one attached hydrogen (secondary N) is 1. The number of rotatable bonds is 1. The quantitative estimate of drug-likeness (QED) is 0.768. The maximum Gasteiger partial charge on any atom is 0.242 e. The Hall–Kier alpha value is -1.10. The third-order valence-corrected chi connectivity index (χ3v) is 7.04. The summed E-state index contributed by atoms with van der Waals surface area (Å²) in [5.41, 5.74) is -0.638. The zero-order valence-electron chi connectivity index (χ0n) is 13.1. The van der Waals surface area contributed by atoms with Gasteiger partial charge in [-0.1, -0.05) is 0 Å². The molecule has 5 heteroatoms. The molecule has 5 atom stereocenters. The first kappa shape index (κ1) is 13.3. The highest BCUT2D eigenvalue weighted by Crippen LogP contribution is 2.59. The van der Waals surface area contributed by atoms with Crippen molar-refractivity contribution < 1.29 is 9.90 Å². The molecule has 6 rings (SSSR count). The van der Waals surface area contributed by atoms with Gasteiger partial charge in [-0.15, -0.1) is 0 Å². The Morgan fingerprint density at radius 1 is 1.18 bits per heavy atom. The maximum absolute atomic E-state index is 12.5. The van der Waals surface area contributed by atoms with E-state index in [1.54, 1.807) is 0 Å². The fraction of sp³-hybridized carbons (Fsp3) is 0.882. The number of amidine groups is 1. The molecule has 4 aliphatic carbocycles. The summed E-state index contributed by atoms with van der Waals surface area (Å²) in [4.78, 5) is 16.6. The van der Waals surface area contributed by atoms with Crippen molar-refractivity contribution in [3.8, 4) is 0 Å². The van der Waals surface area contributed by atoms with Crippen LogP contribution in [-0.4, -0.2) is 56.9 Å². The van der Waals surface area contributed by atoms with Crippen molar-refractivity contribution in [3.05, 3.63) is 0 Å². The number of carbonyl (C=O) groups excluding carboxylic acids is 1. The molecule has 4 saturated carbocycles. The molecule has 5 nitrogen and oxygen atoms in total. The minimum atomic E-state index is -0.528. The van der Waals surface area contributed by atoms with Crippen LogP contribution in [0.4, 0.5) is 0 Å². The van der Waals surface area contributed by atoms with Gasteiger partial charge in [0, 0.05) is 12.1 Å². The van der Waals surface area contributed by atoms with Crippen LogP contribution in [0.2, 0.25) is 0 Å². The van der Waals surface area contributed by atoms with Crippen LogP contribution >= 0.6 is 0 Å². The van der Waals surface area contributed by atoms with Gasteiger partial charge in [0.2, 0.25) is 5.91 Å². The third-order valence-electron chi connectivity index (χ3n) is 7.04. The highest BCUT2D eigenvalue weighted by Gasteiger charge is 2.61. The molecule has 6 fully saturated rings. The van der Waals surface area contributed by atoms with Gasteiger partial charge >= 0.3 is 0 Å². The summed E-state index contributed by atoms with van der Waals surface area (Å²) >= 11 is 0. The standard InChI is InChI=1S/C17H25N3O2/c18-15-13-2-1-3-19(13)14(21)9-20(15)16-5-11-4-12(6-16)8-17(22,7-11)10-16/h11-13,18,22H,1-10H2/t11-,12+,13-,16?,17?/m1/s1. The van der Waals surface area contributed by atoms with E-state index in [1.165, 1.54) is 6.42 Å². The van der Waals surface area contributed by atoms with Crippen molar-refractivity contribution in [1.82, 2.24) is 9.80 Å². The van der Waals surface area contributed by atoms with Gasteiger partial charge < -0.3 is 14.9 Å². The molecule has 0 aromatic heterocycles. The lowest BCUT2D eigenvalue weighted by Gasteiger charge is -2.64. The molecule has 0 radical (unpaired) electrons. The first-order chi connectivity index (χ1) is 10.5. The Morgan fingerprint density at radius 3 is 2.59 bits per heavy atom. The smallest absolute Gasteiger partial charge is 0.242 e. The van der Waals surface area contributed by atoms with Gasteiger partial charge in [-0.2, -0.15) is 0 Å². The van der Waals surface area contributed by atoms with Crippen LogP contribution in [0.25, 0.3) is 0 Å². The van der Waals surface area contributed by atoms with Crippen LogP contribution < -0.4 is 0 Å². The summed E-state index contributed by atoms with van der Waals surface area (Å²) in [6.07, 6.45) is 8.02. The molecule has 2 aliphatic heterocycles. The minimum absolute atomic E-state index is 0.00361. The van der Waals surface area contributed by atoms with Crippen LogP contribution in [0.3, 0.4) is 0 Å². The highest BCUT2D eigenvalue weighted by atomic mass is 16.3. The van der Waals surface area contributed by atoms with Crippen LogP contribution in [-0.2, 0) is 4.79 Å². The van der Waals surface area contributed by atoms with E-state index in [0.717, 1.165) is 51.5 Å². The third kappa shape index (κ3) is 1.63. The van der Waals surface area contributed by atoms with Gasteiger partial charge in [0.15, 0.2) is 0 Å². The fourth-order valence-corrected chi connectivity index (χ4v) is 6.75. The van der Waals surface area contributed by atoms with Crippen molar-refractivity contribution in [1.29, 1.82) is 5.41 Å². The molecule has 2 saturated heterocycles. The summed E-state index contributed by atoms with van der Waals surface area (Å²) in [5.74, 6) is 2.04. The normalized spacial score (nSPS) is 50.0. The van der Waals surface area contributed by atoms with Crippen LogP contribution in [0.5, 0.6) is 0 Å². The molecule has 2 N–H and O–H groups in total. The van der Waals surface area contributed by atoms with Gasteiger partial charge in [0.25, 0.3) is 0 Å². The monoisotopic (exact) mass is 303 g/mol. The number of nitrogens with zero attached hydrogens (tertiary/aromatic N) is 2. The molecule has 2 heterocycles. The molecule has 0 aromatic rings. The van der Waals surface area contributed by atoms with E-state index >= 15 is 0 Å². The molecule has 0 aromatic carbocycles. The summed E-state index contributed by atoms with van der Waals surface area (Å²) in [5, 5.41) is 19.7. The first-order valence-corrected chi connectivity index (χ1v) is 8.86. The van der Waals surface area contributed by atoms with E-state index in [1.807, 2.05) is 4.90 Å². The number of amides is 1. The van der Waals surface area contributed by atoms with Gasteiger partial charge in [0.05, 0.1) is 18.2 Å². The average Bonchev–Trinajstić information content (AvgIpc) is 2.90. The summed E-state index contributed by atoms with van der Waals surface area (Å²) in [7, 11) is 0. The lowest BCUT2D eigenvalue weighted by atomic mass is 9.50. The number of piperazine rings is 1. The molecule has 0 spiro atoms. The molecule has 6 aliphatic rings. The molecule has 4 bridgehead atoms. The number of carbonyl (C=O) groups is 1. The topological polar surface area (TPSA) is 67.6 Å². The Bertz CT molecular complexity index is 546. The summed E-state index contributed by atoms with van der Waals surface area (Å²) in [6.45, 7) is 1.19. The van der Waals surface area contributed by atoms with Crippen molar-refractivity contribution in [2.45, 2.75) is 68.5 Å². The maximum atomic E-state index is 12.5. The second kappa shape index (κ2) is 4.05. The summed E-state index contributed by atoms with van der Waals surface area (Å²) in [6, 6.07) is 0.00361. The van der Waals surface area contributed by atoms with Crippen molar-refractivity contribution in [3.63, 3.8) is 0 Å². The van der Waals surface area contributed by atoms with Gasteiger partial charge in [-0.3, -0.25) is 10.2 Å². The Labute approximate surface area is 131 Å². The fourth-order valence-electron chi connectivity index (χ4n) is 6.75. The predicted octanol–water partition coefficient (Wildman–Crippen LogP) is 1.35. The molecular weight excluding hydrogens is 278 g/mol. The molecule has 2 unspecified atom stereocenters. The molecule has 1 amide bonds. The van der Waals surface area contributed by atoms with E-state index in [2.05, 4.69) is 4.90 Å². The van der Waals surface area contributed by atoms with Crippen LogP contribution in [0.15, 0.2) is 0 Å². The zero-order valence-corrected chi connectivity index (χ0v) is 13.1. The zero-order chi connectivity index (χ0) is 15.1. The van der Waals surface area contributed by atoms with Crippen LogP contribution in [0.1, 0.15) is 51.4 Å². The largest absolute Gasteiger partial charge is 0.390 e. The SMILES string of the molecule is N=C1[C@H]2CCCN2C(=O)CN1C12C[C@@H]3C[C@@H](CC(O)(C3)C1)C2. The second-order valence-electron chi connectivity index (χ2n) is 8.63. The number of aliphatic hydroxyl groups is 1. The number of hydrogen-bond donors (Lipinski definition) is 2. The lowest BCUT2D eigenvalue weighted by Crippen LogP contribution is -2.71. The molecular formula is C17H25N3O2. The Kier molecular flexibility index (Phi) is 2.46. The van der Waals surface area contributed by atoms with Gasteiger partial charge in [-0.05, 0) is 63.2 Å². The molecule has 120 valence electrons. The summed E-state index contributed by atoms with van der Waals surface area (Å²) < 4.78 is 0. The van der Waals surface area contributed by atoms with E-state index < -0.39 is 5.60 Å². The Balaban J connectivity index is 1.51. The second-order valence-corrected chi connectivity index (χ2v) is 8.63. The van der Waals surface area contributed by atoms with Crippen LogP contribution in [0, 0.1) is 17.2 Å². The van der Waals surface area contributed by atoms with E-state index in [9.17, 15) is 9.90 Å². The van der Waals surface area contributed by atoms with Crippen molar-refractivity contribution in [2.24, 2.45) is 11.8 Å². The van der Waals surface area contributed by atoms with Gasteiger partial charge in [0.1, 0.15) is 5.84 Å². The predicted molar refractivity (Wildman–Crippen MR) is 81.5 cm³/mol. The highest BCUT2D eigenvalue weighted by molar-refractivity contribution is 5.97. The van der Waals surface area contributed by atoms with E-state index in [4.69, 9.17) is 5.41 Å². The van der Waals surface area contributed by atoms with Crippen molar-refractivity contribution >= 4 is 11.7 Å². The van der Waals surface area contributed by atoms with Gasteiger partial charge in [-0.25, -0.2) is 0 Å². The van der Waals surface area contributed by atoms with E-state index in [-0.39, 0.29) is 17.5 Å². The number of hydrogen-bond acceptors (Lipinski definition) is 3. The van der Waals surface area contributed by atoms with Crippen molar-refractivity contribution in [2.75, 3.05) is 13.1 Å². The number of fused-ring (bicyclic) bond motifs is 1. The molecule has 22 heavy (non-hydrogen) atoms.